The molecular formula is C38H24Cl4N6O5. The van der Waals surface area contributed by atoms with Crippen LogP contribution >= 0.6 is 46.4 Å². The van der Waals surface area contributed by atoms with Crippen LogP contribution in [0.2, 0.25) is 20.1 Å². The van der Waals surface area contributed by atoms with E-state index in [0.717, 1.165) is 5.52 Å². The average Bonchev–Trinajstić information content (AvgIpc) is 3.67. The number of H-pyrrole nitrogens is 1. The first-order valence-electron chi connectivity index (χ1n) is 15.7. The molecule has 2 heterocycles. The van der Waals surface area contributed by atoms with Gasteiger partial charge < -0.3 is 14.5 Å². The van der Waals surface area contributed by atoms with Crippen molar-refractivity contribution in [2.24, 2.45) is 0 Å². The van der Waals surface area contributed by atoms with Crippen LogP contribution in [0.1, 0.15) is 22.5 Å². The van der Waals surface area contributed by atoms with Gasteiger partial charge in [0.2, 0.25) is 5.75 Å². The number of ether oxygens (including phenoxy) is 2. The van der Waals surface area contributed by atoms with Crippen molar-refractivity contribution in [3.05, 3.63) is 154 Å². The highest BCUT2D eigenvalue weighted by molar-refractivity contribution is 6.35. The monoisotopic (exact) mass is 784 g/mol. The normalized spacial score (nSPS) is 11.6. The number of aromatic amines is 1. The first-order valence-corrected chi connectivity index (χ1v) is 17.3. The number of nitriles is 1. The fraction of sp³-hybridized carbons (Fsp3) is 0.0789. The van der Waals surface area contributed by atoms with Gasteiger partial charge in [-0.1, -0.05) is 76.7 Å². The van der Waals surface area contributed by atoms with E-state index < -0.39 is 16.3 Å². The third-order valence-electron chi connectivity index (χ3n) is 8.47. The van der Waals surface area contributed by atoms with Crippen molar-refractivity contribution >= 4 is 85.8 Å². The molecule has 1 N–H and O–H groups in total. The van der Waals surface area contributed by atoms with E-state index in [1.807, 2.05) is 24.3 Å². The SMILES string of the molecule is COc1cc(/C=C(\C#N)c2nc3ccccc3[nH]2)ccc1Oc1cc2c(cc1[N+](=O)[O-])n(Cc1ccc(Cl)cc1Cl)c(=O)n2Cc1ccc(Cl)cc1Cl. The minimum Gasteiger partial charge on any atom is -0.493 e. The lowest BCUT2D eigenvalue weighted by Gasteiger charge is -2.12. The van der Waals surface area contributed by atoms with Crippen LogP contribution in [0, 0.1) is 21.4 Å². The van der Waals surface area contributed by atoms with Crippen LogP contribution in [0.4, 0.5) is 5.69 Å². The number of nitrogens with one attached hydrogen (secondary N) is 1. The largest absolute Gasteiger partial charge is 0.493 e. The number of benzene rings is 5. The van der Waals surface area contributed by atoms with Crippen LogP contribution in [-0.4, -0.2) is 31.1 Å². The summed E-state index contributed by atoms with van der Waals surface area (Å²) in [4.78, 5) is 33.7. The van der Waals surface area contributed by atoms with E-state index >= 15 is 0 Å². The molecule has 7 aromatic rings. The fourth-order valence-electron chi connectivity index (χ4n) is 5.88. The maximum absolute atomic E-state index is 14.1. The third-order valence-corrected chi connectivity index (χ3v) is 9.64. The summed E-state index contributed by atoms with van der Waals surface area (Å²) in [6.45, 7) is 0.00626. The Hall–Kier alpha value is -5.77. The van der Waals surface area contributed by atoms with E-state index in [1.54, 1.807) is 60.7 Å². The second-order valence-electron chi connectivity index (χ2n) is 11.8. The summed E-state index contributed by atoms with van der Waals surface area (Å²) in [7, 11) is 1.42. The van der Waals surface area contributed by atoms with Crippen molar-refractivity contribution in [3.63, 3.8) is 0 Å². The molecule has 0 amide bonds. The molecule has 0 radical (unpaired) electrons. The Balaban J connectivity index is 1.32. The number of fused-ring (bicyclic) bond motifs is 2. The molecule has 53 heavy (non-hydrogen) atoms. The highest BCUT2D eigenvalue weighted by atomic mass is 35.5. The molecule has 0 saturated heterocycles. The number of hydrogen-bond acceptors (Lipinski definition) is 7. The standard InChI is InChI=1S/C38H24Cl4N6O5/c1-52-36-13-21(12-24(18-43)37-44-29-4-2-3-5-30(29)45-37)6-11-34(36)53-35-17-32-31(16-33(35)48(50)51)46(19-22-7-9-25(39)14-27(22)41)38(49)47(32)20-23-8-10-26(40)15-28(23)42/h2-17H,19-20H2,1H3,(H,44,45)/b24-12+. The lowest BCUT2D eigenvalue weighted by atomic mass is 10.1. The topological polar surface area (TPSA) is 141 Å². The van der Waals surface area contributed by atoms with Gasteiger partial charge in [-0.15, -0.1) is 0 Å². The lowest BCUT2D eigenvalue weighted by Crippen LogP contribution is -2.25. The Morgan fingerprint density at radius 1 is 0.868 bits per heavy atom. The zero-order valence-electron chi connectivity index (χ0n) is 27.4. The zero-order chi connectivity index (χ0) is 37.4. The number of aromatic nitrogens is 4. The van der Waals surface area contributed by atoms with Gasteiger partial charge in [0.05, 0.1) is 52.8 Å². The van der Waals surface area contributed by atoms with E-state index in [4.69, 9.17) is 55.9 Å². The minimum absolute atomic E-state index is 0.00837. The van der Waals surface area contributed by atoms with Gasteiger partial charge in [-0.2, -0.15) is 5.26 Å². The molecule has 0 aliphatic heterocycles. The Morgan fingerprint density at radius 2 is 1.51 bits per heavy atom. The highest BCUT2D eigenvalue weighted by Gasteiger charge is 2.25. The Labute approximate surface area is 320 Å². The quantitative estimate of drug-likeness (QED) is 0.0827. The number of halogens is 4. The number of para-hydroxylation sites is 2. The minimum atomic E-state index is -0.595. The van der Waals surface area contributed by atoms with Crippen molar-refractivity contribution in [3.8, 4) is 23.3 Å². The molecule has 0 unspecified atom stereocenters. The molecule has 0 aliphatic rings. The predicted octanol–water partition coefficient (Wildman–Crippen LogP) is 10.2. The summed E-state index contributed by atoms with van der Waals surface area (Å²) >= 11 is 25.2. The maximum atomic E-state index is 14.1. The van der Waals surface area contributed by atoms with Crippen molar-refractivity contribution < 1.29 is 14.4 Å². The van der Waals surface area contributed by atoms with Gasteiger partial charge in [0, 0.05) is 32.2 Å². The number of nitro groups is 1. The number of rotatable bonds is 10. The summed E-state index contributed by atoms with van der Waals surface area (Å²) in [5.41, 5.74) is 3.23. The Kier molecular flexibility index (Phi) is 9.88. The molecule has 0 fully saturated rings. The lowest BCUT2D eigenvalue weighted by molar-refractivity contribution is -0.385. The fourth-order valence-corrected chi connectivity index (χ4v) is 6.82. The molecule has 2 aromatic heterocycles. The molecule has 0 aliphatic carbocycles. The molecule has 5 aromatic carbocycles. The molecule has 0 bridgehead atoms. The number of allylic oxidation sites excluding steroid dienone is 1. The molecule has 0 atom stereocenters. The van der Waals surface area contributed by atoms with Gasteiger partial charge in [-0.25, -0.2) is 9.78 Å². The Bertz CT molecular complexity index is 2700. The summed E-state index contributed by atoms with van der Waals surface area (Å²) in [5.74, 6) is 0.626. The van der Waals surface area contributed by atoms with Gasteiger partial charge in [0.15, 0.2) is 11.5 Å². The predicted molar refractivity (Wildman–Crippen MR) is 207 cm³/mol. The second kappa shape index (κ2) is 14.7. The number of imidazole rings is 2. The number of nitro benzene ring substituents is 1. The molecule has 7 rings (SSSR count). The van der Waals surface area contributed by atoms with Gasteiger partial charge in [0.1, 0.15) is 11.9 Å². The van der Waals surface area contributed by atoms with E-state index in [-0.39, 0.29) is 41.4 Å². The van der Waals surface area contributed by atoms with Gasteiger partial charge in [-0.3, -0.25) is 19.2 Å². The first-order chi connectivity index (χ1) is 25.5. The van der Waals surface area contributed by atoms with Gasteiger partial charge in [-0.05, 0) is 71.3 Å². The van der Waals surface area contributed by atoms with Gasteiger partial charge in [0.25, 0.3) is 0 Å². The van der Waals surface area contributed by atoms with Crippen LogP contribution in [0.5, 0.6) is 17.2 Å². The van der Waals surface area contributed by atoms with Crippen LogP contribution in [0.15, 0.2) is 95.8 Å². The summed E-state index contributed by atoms with van der Waals surface area (Å²) < 4.78 is 14.6. The van der Waals surface area contributed by atoms with Gasteiger partial charge >= 0.3 is 11.4 Å². The van der Waals surface area contributed by atoms with E-state index in [2.05, 4.69) is 16.0 Å². The molecular weight excluding hydrogens is 762 g/mol. The van der Waals surface area contributed by atoms with Crippen molar-refractivity contribution in [2.45, 2.75) is 13.1 Å². The smallest absolute Gasteiger partial charge is 0.329 e. The van der Waals surface area contributed by atoms with Crippen LogP contribution < -0.4 is 15.2 Å². The van der Waals surface area contributed by atoms with Crippen molar-refractivity contribution in [2.75, 3.05) is 7.11 Å². The zero-order valence-corrected chi connectivity index (χ0v) is 30.5. The van der Waals surface area contributed by atoms with Crippen LogP contribution in [-0.2, 0) is 13.1 Å². The molecule has 0 spiro atoms. The van der Waals surface area contributed by atoms with E-state index in [1.165, 1.54) is 28.4 Å². The van der Waals surface area contributed by atoms with Crippen molar-refractivity contribution in [1.29, 1.82) is 5.26 Å². The first kappa shape index (κ1) is 35.6. The van der Waals surface area contributed by atoms with E-state index in [9.17, 15) is 20.2 Å². The maximum Gasteiger partial charge on any atom is 0.329 e. The molecule has 11 nitrogen and oxygen atoms in total. The molecule has 264 valence electrons. The summed E-state index contributed by atoms with van der Waals surface area (Å²) in [5, 5.41) is 24.0. The molecule has 15 heteroatoms. The van der Waals surface area contributed by atoms with Crippen LogP contribution in [0.25, 0.3) is 33.7 Å². The van der Waals surface area contributed by atoms with Crippen LogP contribution in [0.3, 0.4) is 0 Å². The summed E-state index contributed by atoms with van der Waals surface area (Å²) in [6.07, 6.45) is 1.63. The molecule has 0 saturated carbocycles. The third kappa shape index (κ3) is 7.18. The highest BCUT2D eigenvalue weighted by Crippen LogP contribution is 2.40. The van der Waals surface area contributed by atoms with Crippen molar-refractivity contribution in [1.82, 2.24) is 19.1 Å². The second-order valence-corrected chi connectivity index (χ2v) is 13.5. The average molecular weight is 786 g/mol. The number of nitrogens with zero attached hydrogens (tertiary/aromatic N) is 5. The Morgan fingerprint density at radius 3 is 2.09 bits per heavy atom. The van der Waals surface area contributed by atoms with E-state index in [0.29, 0.717) is 53.6 Å². The summed E-state index contributed by atoms with van der Waals surface area (Å²) in [6, 6.07) is 27.0. The number of methoxy groups -OCH3 is 1. The number of hydrogen-bond donors (Lipinski definition) is 1.